The van der Waals surface area contributed by atoms with Crippen LogP contribution in [0.1, 0.15) is 34.5 Å². The lowest BCUT2D eigenvalue weighted by Crippen LogP contribution is -2.37. The molecule has 0 amide bonds. The number of thiazole rings is 1. The van der Waals surface area contributed by atoms with E-state index in [1.165, 1.54) is 10.4 Å². The molecule has 25 heavy (non-hydrogen) atoms. The Morgan fingerprint density at radius 2 is 2.12 bits per heavy atom. The normalized spacial score (nSPS) is 11.4. The molecule has 0 saturated carbocycles. The third kappa shape index (κ3) is 6.38. The topological polar surface area (TPSA) is 58.5 Å². The molecule has 0 aliphatic carbocycles. The summed E-state index contributed by atoms with van der Waals surface area (Å²) in [5, 5.41) is 7.80. The molecule has 0 unspecified atom stereocenters. The first-order valence-corrected chi connectivity index (χ1v) is 9.52. The van der Waals surface area contributed by atoms with Crippen molar-refractivity contribution in [3.63, 3.8) is 0 Å². The molecule has 136 valence electrons. The van der Waals surface area contributed by atoms with Gasteiger partial charge in [0.15, 0.2) is 5.96 Å². The van der Waals surface area contributed by atoms with Crippen molar-refractivity contribution in [2.75, 3.05) is 20.2 Å². The monoisotopic (exact) mass is 360 g/mol. The van der Waals surface area contributed by atoms with Gasteiger partial charge in [-0.25, -0.2) is 9.98 Å². The summed E-state index contributed by atoms with van der Waals surface area (Å²) < 4.78 is 5.27. The maximum absolute atomic E-state index is 5.27. The molecule has 2 rings (SSSR count). The molecule has 0 saturated heterocycles. The molecule has 1 heterocycles. The smallest absolute Gasteiger partial charge is 0.191 e. The Kier molecular flexibility index (Phi) is 7.73. The van der Waals surface area contributed by atoms with Crippen molar-refractivity contribution in [2.24, 2.45) is 4.99 Å². The lowest BCUT2D eigenvalue weighted by molar-refractivity contribution is 0.414. The molecular formula is C19H28N4OS. The fourth-order valence-corrected chi connectivity index (χ4v) is 3.40. The third-order valence-corrected chi connectivity index (χ3v) is 4.85. The van der Waals surface area contributed by atoms with Gasteiger partial charge in [0, 0.05) is 18.0 Å². The zero-order chi connectivity index (χ0) is 18.1. The van der Waals surface area contributed by atoms with E-state index in [-0.39, 0.29) is 0 Å². The third-order valence-electron chi connectivity index (χ3n) is 3.79. The van der Waals surface area contributed by atoms with E-state index in [1.807, 2.05) is 26.0 Å². The Morgan fingerprint density at radius 1 is 1.28 bits per heavy atom. The van der Waals surface area contributed by atoms with Crippen LogP contribution in [0.25, 0.3) is 0 Å². The standard InChI is InChI=1S/C19H28N4OS/c1-5-20-19(22-13-18-14(2)23-15(3)25-18)21-11-7-9-16-8-6-10-17(12-16)24-4/h6,8,10,12H,5,7,9,11,13H2,1-4H3,(H2,20,21,22). The van der Waals surface area contributed by atoms with Crippen LogP contribution in [0, 0.1) is 13.8 Å². The average Bonchev–Trinajstić information content (AvgIpc) is 2.94. The van der Waals surface area contributed by atoms with Gasteiger partial charge >= 0.3 is 0 Å². The summed E-state index contributed by atoms with van der Waals surface area (Å²) in [7, 11) is 1.70. The van der Waals surface area contributed by atoms with Crippen molar-refractivity contribution in [3.8, 4) is 5.75 Å². The molecule has 2 aromatic rings. The number of nitrogens with one attached hydrogen (secondary N) is 2. The lowest BCUT2D eigenvalue weighted by atomic mass is 10.1. The van der Waals surface area contributed by atoms with Gasteiger partial charge in [-0.3, -0.25) is 0 Å². The van der Waals surface area contributed by atoms with Gasteiger partial charge in [0.05, 0.1) is 24.4 Å². The first kappa shape index (κ1) is 19.2. The van der Waals surface area contributed by atoms with Gasteiger partial charge in [-0.05, 0) is 51.3 Å². The zero-order valence-corrected chi connectivity index (χ0v) is 16.4. The van der Waals surface area contributed by atoms with Crippen molar-refractivity contribution < 1.29 is 4.74 Å². The van der Waals surface area contributed by atoms with E-state index < -0.39 is 0 Å². The molecule has 0 bridgehead atoms. The molecule has 2 N–H and O–H groups in total. The Balaban J connectivity index is 1.82. The quantitative estimate of drug-likeness (QED) is 0.430. The highest BCUT2D eigenvalue weighted by Gasteiger charge is 2.05. The summed E-state index contributed by atoms with van der Waals surface area (Å²) in [6.07, 6.45) is 2.05. The number of hydrogen-bond acceptors (Lipinski definition) is 4. The van der Waals surface area contributed by atoms with Crippen LogP contribution in [-0.4, -0.2) is 31.1 Å². The maximum Gasteiger partial charge on any atom is 0.191 e. The average molecular weight is 361 g/mol. The van der Waals surface area contributed by atoms with E-state index in [2.05, 4.69) is 39.7 Å². The predicted molar refractivity (Wildman–Crippen MR) is 106 cm³/mol. The Bertz CT molecular complexity index is 696. The van der Waals surface area contributed by atoms with Crippen LogP contribution in [0.3, 0.4) is 0 Å². The lowest BCUT2D eigenvalue weighted by Gasteiger charge is -2.11. The van der Waals surface area contributed by atoms with Gasteiger partial charge in [0.2, 0.25) is 0 Å². The van der Waals surface area contributed by atoms with Crippen LogP contribution >= 0.6 is 11.3 Å². The number of nitrogens with zero attached hydrogens (tertiary/aromatic N) is 2. The van der Waals surface area contributed by atoms with Crippen molar-refractivity contribution in [1.29, 1.82) is 0 Å². The fraction of sp³-hybridized carbons (Fsp3) is 0.474. The summed E-state index contributed by atoms with van der Waals surface area (Å²) >= 11 is 1.72. The van der Waals surface area contributed by atoms with Crippen molar-refractivity contribution in [3.05, 3.63) is 45.4 Å². The summed E-state index contributed by atoms with van der Waals surface area (Å²) in [6.45, 7) is 8.56. The number of methoxy groups -OCH3 is 1. The van der Waals surface area contributed by atoms with Gasteiger partial charge < -0.3 is 15.4 Å². The molecule has 6 heteroatoms. The number of guanidine groups is 1. The zero-order valence-electron chi connectivity index (χ0n) is 15.6. The SMILES string of the molecule is CCNC(=NCc1sc(C)nc1C)NCCCc1cccc(OC)c1. The van der Waals surface area contributed by atoms with Crippen LogP contribution in [0.5, 0.6) is 5.75 Å². The highest BCUT2D eigenvalue weighted by Crippen LogP contribution is 2.17. The minimum absolute atomic E-state index is 0.669. The first-order valence-electron chi connectivity index (χ1n) is 8.70. The number of ether oxygens (including phenoxy) is 1. The second kappa shape index (κ2) is 10.0. The van der Waals surface area contributed by atoms with Crippen LogP contribution < -0.4 is 15.4 Å². The summed E-state index contributed by atoms with van der Waals surface area (Å²) in [5.41, 5.74) is 2.37. The second-order valence-corrected chi connectivity index (χ2v) is 7.11. The van der Waals surface area contributed by atoms with Gasteiger partial charge in [-0.2, -0.15) is 0 Å². The summed E-state index contributed by atoms with van der Waals surface area (Å²) in [6, 6.07) is 8.23. The number of aromatic nitrogens is 1. The van der Waals surface area contributed by atoms with Gasteiger partial charge in [-0.15, -0.1) is 11.3 Å². The molecule has 5 nitrogen and oxygen atoms in total. The summed E-state index contributed by atoms with van der Waals surface area (Å²) in [4.78, 5) is 10.4. The van der Waals surface area contributed by atoms with E-state index in [4.69, 9.17) is 4.74 Å². The first-order chi connectivity index (χ1) is 12.1. The van der Waals surface area contributed by atoms with Crippen molar-refractivity contribution in [2.45, 2.75) is 40.2 Å². The van der Waals surface area contributed by atoms with E-state index in [1.54, 1.807) is 18.4 Å². The van der Waals surface area contributed by atoms with E-state index in [0.29, 0.717) is 6.54 Å². The number of aliphatic imine (C=N–C) groups is 1. The van der Waals surface area contributed by atoms with Crippen LogP contribution in [-0.2, 0) is 13.0 Å². The van der Waals surface area contributed by atoms with Crippen molar-refractivity contribution >= 4 is 17.3 Å². The molecule has 0 aliphatic rings. The number of aryl methyl sites for hydroxylation is 3. The highest BCUT2D eigenvalue weighted by atomic mass is 32.1. The largest absolute Gasteiger partial charge is 0.497 e. The van der Waals surface area contributed by atoms with E-state index in [0.717, 1.165) is 48.3 Å². The van der Waals surface area contributed by atoms with E-state index >= 15 is 0 Å². The summed E-state index contributed by atoms with van der Waals surface area (Å²) in [5.74, 6) is 1.77. The molecule has 0 aliphatic heterocycles. The molecule has 1 aromatic carbocycles. The fourth-order valence-electron chi connectivity index (χ4n) is 2.54. The number of hydrogen-bond donors (Lipinski definition) is 2. The number of benzene rings is 1. The highest BCUT2D eigenvalue weighted by molar-refractivity contribution is 7.11. The van der Waals surface area contributed by atoms with Gasteiger partial charge in [0.1, 0.15) is 5.75 Å². The van der Waals surface area contributed by atoms with Crippen LogP contribution in [0.4, 0.5) is 0 Å². The number of rotatable bonds is 8. The molecule has 0 atom stereocenters. The van der Waals surface area contributed by atoms with Crippen LogP contribution in [0.15, 0.2) is 29.3 Å². The molecule has 0 radical (unpaired) electrons. The van der Waals surface area contributed by atoms with Gasteiger partial charge in [0.25, 0.3) is 0 Å². The Hall–Kier alpha value is -2.08. The Labute approximate surface area is 154 Å². The second-order valence-electron chi connectivity index (χ2n) is 5.82. The Morgan fingerprint density at radius 3 is 2.80 bits per heavy atom. The molecule has 1 aromatic heterocycles. The van der Waals surface area contributed by atoms with Crippen LogP contribution in [0.2, 0.25) is 0 Å². The minimum atomic E-state index is 0.669. The molecular weight excluding hydrogens is 332 g/mol. The predicted octanol–water partition coefficient (Wildman–Crippen LogP) is 3.46. The van der Waals surface area contributed by atoms with Gasteiger partial charge in [-0.1, -0.05) is 12.1 Å². The maximum atomic E-state index is 5.27. The molecule has 0 fully saturated rings. The van der Waals surface area contributed by atoms with Crippen molar-refractivity contribution in [1.82, 2.24) is 15.6 Å². The molecule has 0 spiro atoms. The van der Waals surface area contributed by atoms with E-state index in [9.17, 15) is 0 Å². The minimum Gasteiger partial charge on any atom is -0.497 e.